The minimum atomic E-state index is 0.0589. The van der Waals surface area contributed by atoms with Crippen molar-refractivity contribution < 1.29 is 4.79 Å². The van der Waals surface area contributed by atoms with E-state index in [0.29, 0.717) is 22.1 Å². The van der Waals surface area contributed by atoms with Gasteiger partial charge in [0.25, 0.3) is 0 Å². The second-order valence-electron chi connectivity index (χ2n) is 6.94. The molecule has 26 heavy (non-hydrogen) atoms. The van der Waals surface area contributed by atoms with Crippen LogP contribution in [0.4, 0.5) is 5.82 Å². The third-order valence-electron chi connectivity index (χ3n) is 5.11. The van der Waals surface area contributed by atoms with Gasteiger partial charge >= 0.3 is 0 Å². The quantitative estimate of drug-likeness (QED) is 0.452. The van der Waals surface area contributed by atoms with Crippen molar-refractivity contribution in [2.24, 2.45) is 0 Å². The Morgan fingerprint density at radius 2 is 1.96 bits per heavy atom. The number of anilines is 1. The molecule has 2 heterocycles. The first-order valence-corrected chi connectivity index (χ1v) is 10.9. The predicted octanol–water partition coefficient (Wildman–Crippen LogP) is 2.81. The lowest BCUT2D eigenvalue weighted by atomic mass is 9.95. The number of nitrogens with zero attached hydrogens (tertiary/aromatic N) is 4. The third-order valence-corrected chi connectivity index (χ3v) is 6.15. The van der Waals surface area contributed by atoms with Crippen LogP contribution in [0.2, 0.25) is 5.15 Å². The molecule has 8 heteroatoms. The van der Waals surface area contributed by atoms with E-state index in [9.17, 15) is 4.79 Å². The highest BCUT2D eigenvalue weighted by atomic mass is 35.5. The van der Waals surface area contributed by atoms with Gasteiger partial charge in [0.15, 0.2) is 5.16 Å². The molecular formula is C18H28ClN5OS. The Bertz CT molecular complexity index is 603. The fourth-order valence-corrected chi connectivity index (χ4v) is 4.44. The zero-order valence-corrected chi connectivity index (χ0v) is 17.0. The molecule has 0 atom stereocenters. The van der Waals surface area contributed by atoms with E-state index in [1.807, 2.05) is 6.07 Å². The van der Waals surface area contributed by atoms with Gasteiger partial charge in [-0.2, -0.15) is 0 Å². The van der Waals surface area contributed by atoms with Gasteiger partial charge in [-0.3, -0.25) is 4.79 Å². The molecule has 1 amide bonds. The first kappa shape index (κ1) is 19.7. The van der Waals surface area contributed by atoms with Crippen LogP contribution in [0.3, 0.4) is 0 Å². The normalized spacial score (nSPS) is 19.5. The summed E-state index contributed by atoms with van der Waals surface area (Å²) < 4.78 is 0. The van der Waals surface area contributed by atoms with Crippen LogP contribution in [0.1, 0.15) is 39.0 Å². The van der Waals surface area contributed by atoms with Gasteiger partial charge in [0, 0.05) is 38.3 Å². The molecule has 0 spiro atoms. The molecule has 0 bridgehead atoms. The Kier molecular flexibility index (Phi) is 7.40. The van der Waals surface area contributed by atoms with Gasteiger partial charge in [-0.15, -0.1) is 0 Å². The fraction of sp³-hybridized carbons (Fsp3) is 0.722. The van der Waals surface area contributed by atoms with E-state index in [2.05, 4.69) is 32.0 Å². The van der Waals surface area contributed by atoms with Crippen LogP contribution in [0.25, 0.3) is 0 Å². The van der Waals surface area contributed by atoms with E-state index in [4.69, 9.17) is 11.6 Å². The summed E-state index contributed by atoms with van der Waals surface area (Å²) in [5.74, 6) is 1.25. The number of carbonyl (C=O) groups is 1. The molecule has 0 unspecified atom stereocenters. The second-order valence-corrected chi connectivity index (χ2v) is 8.27. The minimum Gasteiger partial charge on any atom is -0.354 e. The first-order chi connectivity index (χ1) is 12.6. The standard InChI is InChI=1S/C18H28ClN5OS/c1-2-23-8-10-24(11-9-23)16-12-15(19)21-18(22-16)26-13-17(25)20-14-6-4-3-5-7-14/h12,14H,2-11,13H2,1H3,(H,20,25). The molecule has 6 nitrogen and oxygen atoms in total. The lowest BCUT2D eigenvalue weighted by molar-refractivity contribution is -0.119. The molecule has 0 aromatic carbocycles. The molecule has 1 saturated carbocycles. The number of amides is 1. The molecule has 1 aliphatic heterocycles. The zero-order chi connectivity index (χ0) is 18.4. The molecule has 0 radical (unpaired) electrons. The highest BCUT2D eigenvalue weighted by Gasteiger charge is 2.19. The van der Waals surface area contributed by atoms with E-state index >= 15 is 0 Å². The van der Waals surface area contributed by atoms with Crippen molar-refractivity contribution in [3.05, 3.63) is 11.2 Å². The van der Waals surface area contributed by atoms with Crippen molar-refractivity contribution in [3.8, 4) is 0 Å². The summed E-state index contributed by atoms with van der Waals surface area (Å²) in [6, 6.07) is 2.15. The van der Waals surface area contributed by atoms with Gasteiger partial charge in [0.1, 0.15) is 11.0 Å². The van der Waals surface area contributed by atoms with Gasteiger partial charge in [-0.1, -0.05) is 49.5 Å². The van der Waals surface area contributed by atoms with Gasteiger partial charge < -0.3 is 15.1 Å². The number of likely N-dealkylation sites (N-methyl/N-ethyl adjacent to an activating group) is 1. The highest BCUT2D eigenvalue weighted by Crippen LogP contribution is 2.23. The van der Waals surface area contributed by atoms with Gasteiger partial charge in [0.05, 0.1) is 5.75 Å². The minimum absolute atomic E-state index is 0.0589. The zero-order valence-electron chi connectivity index (χ0n) is 15.4. The lowest BCUT2D eigenvalue weighted by Crippen LogP contribution is -2.46. The molecule has 1 aromatic rings. The average molecular weight is 398 g/mol. The van der Waals surface area contributed by atoms with Crippen molar-refractivity contribution in [1.82, 2.24) is 20.2 Å². The molecule has 2 aliphatic rings. The van der Waals surface area contributed by atoms with Crippen molar-refractivity contribution in [2.75, 3.05) is 43.4 Å². The molecule has 2 fully saturated rings. The Morgan fingerprint density at radius 1 is 1.23 bits per heavy atom. The number of carbonyl (C=O) groups excluding carboxylic acids is 1. The number of thioether (sulfide) groups is 1. The Balaban J connectivity index is 1.53. The largest absolute Gasteiger partial charge is 0.354 e. The van der Waals surface area contributed by atoms with Crippen molar-refractivity contribution >= 4 is 35.1 Å². The predicted molar refractivity (Wildman–Crippen MR) is 107 cm³/mol. The van der Waals surface area contributed by atoms with Crippen LogP contribution in [0.5, 0.6) is 0 Å². The summed E-state index contributed by atoms with van der Waals surface area (Å²) in [4.78, 5) is 25.8. The fourth-order valence-electron chi connectivity index (χ4n) is 3.55. The van der Waals surface area contributed by atoms with Crippen molar-refractivity contribution in [1.29, 1.82) is 0 Å². The second kappa shape index (κ2) is 9.76. The number of rotatable bonds is 6. The van der Waals surface area contributed by atoms with Gasteiger partial charge in [0.2, 0.25) is 5.91 Å². The van der Waals surface area contributed by atoms with E-state index in [-0.39, 0.29) is 5.91 Å². The summed E-state index contributed by atoms with van der Waals surface area (Å²) >= 11 is 7.55. The van der Waals surface area contributed by atoms with E-state index < -0.39 is 0 Å². The maximum Gasteiger partial charge on any atom is 0.230 e. The van der Waals surface area contributed by atoms with Crippen LogP contribution < -0.4 is 10.2 Å². The third kappa shape index (κ3) is 5.72. The molecular weight excluding hydrogens is 370 g/mol. The van der Waals surface area contributed by atoms with Crippen molar-refractivity contribution in [3.63, 3.8) is 0 Å². The molecule has 144 valence electrons. The maximum atomic E-state index is 12.2. The number of hydrogen-bond donors (Lipinski definition) is 1. The van der Waals surface area contributed by atoms with Gasteiger partial charge in [-0.05, 0) is 19.4 Å². The highest BCUT2D eigenvalue weighted by molar-refractivity contribution is 7.99. The first-order valence-electron chi connectivity index (χ1n) is 9.58. The number of nitrogens with one attached hydrogen (secondary N) is 1. The average Bonchev–Trinajstić information content (AvgIpc) is 2.67. The van der Waals surface area contributed by atoms with E-state index in [0.717, 1.165) is 51.4 Å². The number of hydrogen-bond acceptors (Lipinski definition) is 6. The molecule has 1 saturated heterocycles. The van der Waals surface area contributed by atoms with Crippen LogP contribution in [0, 0.1) is 0 Å². The van der Waals surface area contributed by atoms with E-state index in [1.165, 1.54) is 31.0 Å². The smallest absolute Gasteiger partial charge is 0.230 e. The number of piperazine rings is 1. The molecule has 3 rings (SSSR count). The lowest BCUT2D eigenvalue weighted by Gasteiger charge is -2.34. The summed E-state index contributed by atoms with van der Waals surface area (Å²) in [7, 11) is 0. The van der Waals surface area contributed by atoms with Crippen LogP contribution in [0.15, 0.2) is 11.2 Å². The van der Waals surface area contributed by atoms with Crippen LogP contribution >= 0.6 is 23.4 Å². The Hall–Kier alpha value is -1.05. The summed E-state index contributed by atoms with van der Waals surface area (Å²) in [6.45, 7) is 7.20. The SMILES string of the molecule is CCN1CCN(c2cc(Cl)nc(SCC(=O)NC3CCCCC3)n2)CC1. The maximum absolute atomic E-state index is 12.2. The van der Waals surface area contributed by atoms with Gasteiger partial charge in [-0.25, -0.2) is 9.97 Å². The van der Waals surface area contributed by atoms with E-state index in [1.54, 1.807) is 0 Å². The summed E-state index contributed by atoms with van der Waals surface area (Å²) in [6.07, 6.45) is 5.90. The monoisotopic (exact) mass is 397 g/mol. The van der Waals surface area contributed by atoms with Crippen LogP contribution in [-0.4, -0.2) is 65.3 Å². The Labute approximate surface area is 165 Å². The number of aromatic nitrogens is 2. The summed E-state index contributed by atoms with van der Waals surface area (Å²) in [5, 5.41) is 4.14. The van der Waals surface area contributed by atoms with Crippen molar-refractivity contribution in [2.45, 2.75) is 50.2 Å². The molecule has 1 N–H and O–H groups in total. The van der Waals surface area contributed by atoms with Crippen LogP contribution in [-0.2, 0) is 4.79 Å². The molecule has 1 aromatic heterocycles. The Morgan fingerprint density at radius 3 is 2.65 bits per heavy atom. The molecule has 1 aliphatic carbocycles. The topological polar surface area (TPSA) is 61.4 Å². The summed E-state index contributed by atoms with van der Waals surface area (Å²) in [5.41, 5.74) is 0. The number of halogens is 1.